The van der Waals surface area contributed by atoms with Gasteiger partial charge in [0.15, 0.2) is 6.10 Å². The summed E-state index contributed by atoms with van der Waals surface area (Å²) >= 11 is 0. The molecule has 1 atom stereocenters. The molecule has 0 radical (unpaired) electrons. The third-order valence-corrected chi connectivity index (χ3v) is 13.3. The molecule has 0 aromatic carbocycles. The van der Waals surface area contributed by atoms with E-state index in [0.717, 1.165) is 70.6 Å². The van der Waals surface area contributed by atoms with E-state index >= 15 is 0 Å². The van der Waals surface area contributed by atoms with Crippen LogP contribution in [0.25, 0.3) is 0 Å². The van der Waals surface area contributed by atoms with Gasteiger partial charge in [0.1, 0.15) is 13.2 Å². The monoisotopic (exact) mass is 1040 g/mol. The minimum Gasteiger partial charge on any atom is -0.462 e. The second kappa shape index (κ2) is 62.6. The summed E-state index contributed by atoms with van der Waals surface area (Å²) in [7, 11) is 0. The molecule has 6 heteroatoms. The SMILES string of the molecule is CC/C=C\C/C=C\C/C=C\C/C=C\CCC(=O)OCC(COC(=O)CCCCCCCCCCCCCCCCCCCCC/C=C\CCCCCCCCCC)OC(=O)CC/C=C\C/C=C\C/C=C\C/C=C\CC. The molecule has 0 heterocycles. The highest BCUT2D eigenvalue weighted by atomic mass is 16.6. The van der Waals surface area contributed by atoms with E-state index < -0.39 is 12.1 Å². The Morgan fingerprint density at radius 2 is 0.547 bits per heavy atom. The first-order valence-corrected chi connectivity index (χ1v) is 31.4. The standard InChI is InChI=1S/C69H116O6/c1-4-7-10-13-16-19-22-25-26-27-28-29-30-31-32-33-34-35-36-37-38-39-40-41-42-45-47-50-53-56-59-62-68(71)74-65-66(75-69(72)63-60-57-54-51-48-44-24-21-18-15-12-9-6-3)64-73-67(70)61-58-55-52-49-46-43-23-20-17-14-11-8-5-2/h8-9,11-12,17-18,20-21,27-28,43-44,46,48,52,54-55,57,66H,4-7,10,13-16,19,22-26,29-42,45,47,49-51,53,56,58-65H2,1-3H3/b11-8-,12-9-,20-17-,21-18-,28-27-,46-43-,48-44-,55-52-,57-54-. The Bertz CT molecular complexity index is 1520. The van der Waals surface area contributed by atoms with E-state index in [4.69, 9.17) is 14.2 Å². The smallest absolute Gasteiger partial charge is 0.306 e. The fraction of sp³-hybridized carbons (Fsp3) is 0.696. The van der Waals surface area contributed by atoms with Crippen LogP contribution in [-0.2, 0) is 28.6 Å². The first-order chi connectivity index (χ1) is 37.0. The summed E-state index contributed by atoms with van der Waals surface area (Å²) in [6.45, 7) is 6.29. The van der Waals surface area contributed by atoms with Crippen molar-refractivity contribution in [1.29, 1.82) is 0 Å². The molecule has 0 N–H and O–H groups in total. The van der Waals surface area contributed by atoms with Gasteiger partial charge in [-0.1, -0.05) is 284 Å². The molecule has 6 nitrogen and oxygen atoms in total. The maximum absolute atomic E-state index is 12.8. The van der Waals surface area contributed by atoms with Crippen molar-refractivity contribution in [2.75, 3.05) is 13.2 Å². The highest BCUT2D eigenvalue weighted by molar-refractivity contribution is 5.71. The molecule has 0 aromatic heterocycles. The Morgan fingerprint density at radius 1 is 0.280 bits per heavy atom. The normalized spacial score (nSPS) is 12.8. The fourth-order valence-corrected chi connectivity index (χ4v) is 8.64. The predicted molar refractivity (Wildman–Crippen MR) is 325 cm³/mol. The van der Waals surface area contributed by atoms with Crippen molar-refractivity contribution in [2.24, 2.45) is 0 Å². The molecule has 0 aromatic rings. The highest BCUT2D eigenvalue weighted by Crippen LogP contribution is 2.16. The molecule has 0 spiro atoms. The molecule has 1 unspecified atom stereocenters. The minimum absolute atomic E-state index is 0.128. The molecule has 75 heavy (non-hydrogen) atoms. The number of hydrogen-bond donors (Lipinski definition) is 0. The molecule has 0 amide bonds. The van der Waals surface area contributed by atoms with Gasteiger partial charge < -0.3 is 14.2 Å². The summed E-state index contributed by atoms with van der Waals surface area (Å²) in [4.78, 5) is 38.0. The highest BCUT2D eigenvalue weighted by Gasteiger charge is 2.19. The Kier molecular flexibility index (Phi) is 59.3. The van der Waals surface area contributed by atoms with Gasteiger partial charge in [0.05, 0.1) is 0 Å². The van der Waals surface area contributed by atoms with Gasteiger partial charge in [-0.2, -0.15) is 0 Å². The first-order valence-electron chi connectivity index (χ1n) is 31.4. The van der Waals surface area contributed by atoms with E-state index in [0.29, 0.717) is 19.3 Å². The molecule has 0 rings (SSSR count). The van der Waals surface area contributed by atoms with E-state index in [9.17, 15) is 14.4 Å². The number of hydrogen-bond acceptors (Lipinski definition) is 6. The summed E-state index contributed by atoms with van der Waals surface area (Å²) < 4.78 is 16.7. The summed E-state index contributed by atoms with van der Waals surface area (Å²) in [5.74, 6) is -1.09. The molecular formula is C69H116O6. The van der Waals surface area contributed by atoms with Crippen LogP contribution < -0.4 is 0 Å². The van der Waals surface area contributed by atoms with Gasteiger partial charge >= 0.3 is 17.9 Å². The second-order valence-electron chi connectivity index (χ2n) is 20.5. The van der Waals surface area contributed by atoms with Gasteiger partial charge in [0, 0.05) is 19.3 Å². The van der Waals surface area contributed by atoms with Crippen molar-refractivity contribution in [3.05, 3.63) is 109 Å². The Morgan fingerprint density at radius 3 is 0.893 bits per heavy atom. The van der Waals surface area contributed by atoms with Crippen molar-refractivity contribution in [3.8, 4) is 0 Å². The van der Waals surface area contributed by atoms with Crippen LogP contribution >= 0.6 is 0 Å². The van der Waals surface area contributed by atoms with E-state index in [-0.39, 0.29) is 38.0 Å². The summed E-state index contributed by atoms with van der Waals surface area (Å²) in [6, 6.07) is 0. The quantitative estimate of drug-likeness (QED) is 0.0261. The number of carbonyl (C=O) groups is 3. The maximum atomic E-state index is 12.8. The van der Waals surface area contributed by atoms with Gasteiger partial charge in [0.2, 0.25) is 0 Å². The average molecular weight is 1040 g/mol. The zero-order valence-electron chi connectivity index (χ0n) is 49.0. The number of carbonyl (C=O) groups excluding carboxylic acids is 3. The van der Waals surface area contributed by atoms with Gasteiger partial charge in [0.25, 0.3) is 0 Å². The van der Waals surface area contributed by atoms with E-state index in [2.05, 4.69) is 106 Å². The molecule has 0 aliphatic heterocycles. The minimum atomic E-state index is -0.845. The van der Waals surface area contributed by atoms with Crippen LogP contribution in [0.1, 0.15) is 290 Å². The van der Waals surface area contributed by atoms with Crippen molar-refractivity contribution in [3.63, 3.8) is 0 Å². The lowest BCUT2D eigenvalue weighted by Crippen LogP contribution is -2.30. The molecular weight excluding hydrogens is 925 g/mol. The zero-order valence-corrected chi connectivity index (χ0v) is 49.0. The van der Waals surface area contributed by atoms with Crippen molar-refractivity contribution >= 4 is 17.9 Å². The summed E-state index contributed by atoms with van der Waals surface area (Å²) in [5, 5.41) is 0. The van der Waals surface area contributed by atoms with Crippen LogP contribution in [0.3, 0.4) is 0 Å². The van der Waals surface area contributed by atoms with Crippen LogP contribution in [0.4, 0.5) is 0 Å². The average Bonchev–Trinajstić information content (AvgIpc) is 3.41. The zero-order chi connectivity index (χ0) is 54.3. The van der Waals surface area contributed by atoms with Crippen LogP contribution in [0.5, 0.6) is 0 Å². The van der Waals surface area contributed by atoms with E-state index in [1.165, 1.54) is 167 Å². The lowest BCUT2D eigenvalue weighted by atomic mass is 10.0. The van der Waals surface area contributed by atoms with Crippen LogP contribution in [0.2, 0.25) is 0 Å². The van der Waals surface area contributed by atoms with Crippen LogP contribution in [-0.4, -0.2) is 37.2 Å². The first kappa shape index (κ1) is 71.1. The van der Waals surface area contributed by atoms with Gasteiger partial charge in [-0.05, 0) is 96.3 Å². The van der Waals surface area contributed by atoms with E-state index in [1.807, 2.05) is 24.3 Å². The Balaban J connectivity index is 4.20. The van der Waals surface area contributed by atoms with Gasteiger partial charge in [-0.25, -0.2) is 0 Å². The predicted octanol–water partition coefficient (Wildman–Crippen LogP) is 21.4. The van der Waals surface area contributed by atoms with Crippen molar-refractivity contribution in [2.45, 2.75) is 297 Å². The molecule has 0 saturated carbocycles. The number of ether oxygens (including phenoxy) is 3. The summed E-state index contributed by atoms with van der Waals surface area (Å²) in [5.41, 5.74) is 0. The molecule has 0 aliphatic carbocycles. The van der Waals surface area contributed by atoms with E-state index in [1.54, 1.807) is 0 Å². The van der Waals surface area contributed by atoms with Crippen molar-refractivity contribution in [1.82, 2.24) is 0 Å². The van der Waals surface area contributed by atoms with Crippen LogP contribution in [0.15, 0.2) is 109 Å². The van der Waals surface area contributed by atoms with Crippen LogP contribution in [0, 0.1) is 0 Å². The summed E-state index contributed by atoms with van der Waals surface area (Å²) in [6.07, 6.45) is 85.9. The topological polar surface area (TPSA) is 78.9 Å². The molecule has 0 aliphatic rings. The Hall–Kier alpha value is -3.93. The maximum Gasteiger partial charge on any atom is 0.306 e. The largest absolute Gasteiger partial charge is 0.462 e. The molecule has 0 saturated heterocycles. The lowest BCUT2D eigenvalue weighted by Gasteiger charge is -2.18. The number of rotatable bonds is 56. The number of unbranched alkanes of at least 4 members (excludes halogenated alkanes) is 27. The molecule has 0 bridgehead atoms. The fourth-order valence-electron chi connectivity index (χ4n) is 8.64. The Labute approximate surface area is 463 Å². The third-order valence-electron chi connectivity index (χ3n) is 13.3. The third kappa shape index (κ3) is 60.8. The molecule has 428 valence electrons. The number of allylic oxidation sites excluding steroid dienone is 18. The lowest BCUT2D eigenvalue weighted by molar-refractivity contribution is -0.166. The van der Waals surface area contributed by atoms with Gasteiger partial charge in [-0.3, -0.25) is 14.4 Å². The molecule has 0 fully saturated rings. The van der Waals surface area contributed by atoms with Gasteiger partial charge in [-0.15, -0.1) is 0 Å². The second-order valence-corrected chi connectivity index (χ2v) is 20.5. The number of esters is 3. The van der Waals surface area contributed by atoms with Crippen molar-refractivity contribution < 1.29 is 28.6 Å².